The molecule has 0 saturated heterocycles. The summed E-state index contributed by atoms with van der Waals surface area (Å²) in [6, 6.07) is 0. The molecule has 65 heavy (non-hydrogen) atoms. The first-order valence-corrected chi connectivity index (χ1v) is 31.5. The van der Waals surface area contributed by atoms with Gasteiger partial charge in [-0.25, -0.2) is 0 Å². The number of rotatable bonds is 54. The summed E-state index contributed by atoms with van der Waals surface area (Å²) in [5, 5.41) is 0. The molecule has 0 spiro atoms. The van der Waals surface area contributed by atoms with Crippen molar-refractivity contribution in [1.29, 1.82) is 0 Å². The van der Waals surface area contributed by atoms with Crippen LogP contribution in [0, 0.1) is 17.8 Å². The van der Waals surface area contributed by atoms with E-state index in [1.165, 1.54) is 334 Å². The first-order chi connectivity index (χ1) is 32.1. The van der Waals surface area contributed by atoms with Crippen molar-refractivity contribution in [3.8, 4) is 0 Å². The highest BCUT2D eigenvalue weighted by molar-refractivity contribution is 5.43. The van der Waals surface area contributed by atoms with E-state index in [0.29, 0.717) is 0 Å². The molecule has 1 aliphatic rings. The monoisotopic (exact) mass is 907 g/mol. The molecule has 0 heteroatoms. The van der Waals surface area contributed by atoms with E-state index in [4.69, 9.17) is 0 Å². The van der Waals surface area contributed by atoms with Gasteiger partial charge < -0.3 is 0 Å². The molecule has 386 valence electrons. The van der Waals surface area contributed by atoms with Crippen LogP contribution in [0.5, 0.6) is 0 Å². The van der Waals surface area contributed by atoms with Gasteiger partial charge in [0.1, 0.15) is 0 Å². The van der Waals surface area contributed by atoms with Gasteiger partial charge in [0, 0.05) is 0 Å². The molecule has 3 atom stereocenters. The zero-order valence-corrected chi connectivity index (χ0v) is 46.6. The topological polar surface area (TPSA) is 0 Å². The normalized spacial score (nSPS) is 14.5. The van der Waals surface area contributed by atoms with Crippen LogP contribution in [0.1, 0.15) is 375 Å². The largest absolute Gasteiger partial charge is 0.0769 e. The Kier molecular flexibility index (Phi) is 48.0. The van der Waals surface area contributed by atoms with Crippen LogP contribution in [-0.4, -0.2) is 0 Å². The van der Waals surface area contributed by atoms with Crippen molar-refractivity contribution in [1.82, 2.24) is 0 Å². The summed E-state index contributed by atoms with van der Waals surface area (Å²) in [7, 11) is 0. The van der Waals surface area contributed by atoms with Gasteiger partial charge in [0.05, 0.1) is 0 Å². The number of unbranched alkanes of at least 4 members (excludes halogenated alkanes) is 36. The quantitative estimate of drug-likeness (QED) is 0.0534. The van der Waals surface area contributed by atoms with Crippen molar-refractivity contribution >= 4 is 0 Å². The highest BCUT2D eigenvalue weighted by Crippen LogP contribution is 2.42. The van der Waals surface area contributed by atoms with Gasteiger partial charge in [-0.2, -0.15) is 0 Å². The molecular formula is C65H126. The van der Waals surface area contributed by atoms with Crippen LogP contribution in [0.3, 0.4) is 0 Å². The molecule has 1 aliphatic carbocycles. The van der Waals surface area contributed by atoms with Gasteiger partial charge in [-0.05, 0) is 54.6 Å². The number of hydrogen-bond donors (Lipinski definition) is 0. The van der Waals surface area contributed by atoms with Gasteiger partial charge in [-0.1, -0.05) is 361 Å². The predicted octanol–water partition coefficient (Wildman–Crippen LogP) is 24.5. The third-order valence-corrected chi connectivity index (χ3v) is 16.2. The summed E-state index contributed by atoms with van der Waals surface area (Å²) in [5.41, 5.74) is 5.78. The molecule has 0 N–H and O–H groups in total. The Bertz CT molecular complexity index is 998. The highest BCUT2D eigenvalue weighted by Gasteiger charge is 2.25. The van der Waals surface area contributed by atoms with Gasteiger partial charge in [0.15, 0.2) is 0 Å². The molecule has 0 aromatic heterocycles. The van der Waals surface area contributed by atoms with Crippen LogP contribution in [0.15, 0.2) is 22.8 Å². The maximum absolute atomic E-state index is 2.85. The van der Waals surface area contributed by atoms with Gasteiger partial charge >= 0.3 is 0 Å². The first-order valence-electron chi connectivity index (χ1n) is 31.5. The van der Waals surface area contributed by atoms with E-state index in [1.54, 1.807) is 0 Å². The molecule has 1 rings (SSSR count). The minimum atomic E-state index is 0.905. The van der Waals surface area contributed by atoms with Gasteiger partial charge in [0.2, 0.25) is 0 Å². The fourth-order valence-electron chi connectivity index (χ4n) is 11.7. The molecule has 0 aliphatic heterocycles. The zero-order chi connectivity index (χ0) is 46.9. The third-order valence-electron chi connectivity index (χ3n) is 16.2. The fraction of sp³-hybridized carbons (Fsp3) is 0.938. The van der Waals surface area contributed by atoms with Crippen molar-refractivity contribution in [3.63, 3.8) is 0 Å². The summed E-state index contributed by atoms with van der Waals surface area (Å²) in [4.78, 5) is 0. The summed E-state index contributed by atoms with van der Waals surface area (Å²) in [6.45, 7) is 14.2. The molecule has 3 unspecified atom stereocenters. The molecule has 0 aromatic rings. The van der Waals surface area contributed by atoms with E-state index in [1.807, 2.05) is 16.7 Å². The maximum Gasteiger partial charge on any atom is -0.0127 e. The van der Waals surface area contributed by atoms with E-state index in [-0.39, 0.29) is 0 Å². The van der Waals surface area contributed by atoms with Crippen LogP contribution in [0.4, 0.5) is 0 Å². The first kappa shape index (κ1) is 62.5. The standard InChI is InChI=1S/C65H126/c1-7-13-19-25-31-34-40-45-51-60(49-43-37-28-22-16-10-4)57-63-55-56-64(58-61(50-44-38-29-23-17-11-5)52-46-41-35-32-26-20-14-8-2)65(63)59-62(53-47-39-30-24-18-12-6)54-48-42-36-33-27-21-15-9-3/h55,60-62H,7-54,56-59H2,1-6H3. The van der Waals surface area contributed by atoms with Crippen molar-refractivity contribution in [2.24, 2.45) is 17.8 Å². The lowest BCUT2D eigenvalue weighted by atomic mass is 9.80. The van der Waals surface area contributed by atoms with Crippen molar-refractivity contribution in [2.75, 3.05) is 0 Å². The molecule has 0 amide bonds. The van der Waals surface area contributed by atoms with Crippen LogP contribution < -0.4 is 0 Å². The molecule has 0 bridgehead atoms. The lowest BCUT2D eigenvalue weighted by molar-refractivity contribution is 0.383. The van der Waals surface area contributed by atoms with Gasteiger partial charge in [-0.15, -0.1) is 0 Å². The smallest absolute Gasteiger partial charge is 0.0127 e. The molecule has 0 saturated carbocycles. The molecule has 0 fully saturated rings. The predicted molar refractivity (Wildman–Crippen MR) is 300 cm³/mol. The second kappa shape index (κ2) is 49.9. The second-order valence-corrected chi connectivity index (χ2v) is 22.7. The Balaban J connectivity index is 3.32. The van der Waals surface area contributed by atoms with Crippen LogP contribution in [0.2, 0.25) is 0 Å². The van der Waals surface area contributed by atoms with Gasteiger partial charge in [0.25, 0.3) is 0 Å². The minimum absolute atomic E-state index is 0.905. The Morgan fingerprint density at radius 1 is 0.262 bits per heavy atom. The van der Waals surface area contributed by atoms with E-state index in [9.17, 15) is 0 Å². The Hall–Kier alpha value is -0.520. The van der Waals surface area contributed by atoms with E-state index in [0.717, 1.165) is 17.8 Å². The molecule has 0 heterocycles. The summed E-state index contributed by atoms with van der Waals surface area (Å²) < 4.78 is 0. The van der Waals surface area contributed by atoms with E-state index >= 15 is 0 Å². The van der Waals surface area contributed by atoms with E-state index < -0.39 is 0 Å². The lowest BCUT2D eigenvalue weighted by Gasteiger charge is -2.25. The summed E-state index contributed by atoms with van der Waals surface area (Å²) in [5.74, 6) is 2.73. The SMILES string of the molecule is CCCCCCCCCCC(CCCCCCCC)CC1=CCC(CC(CCCCCCCC)CCCCCCCCCC)=C1CC(CCCCCCCC)CCCCCCCCCC. The fourth-order valence-corrected chi connectivity index (χ4v) is 11.7. The average molecular weight is 908 g/mol. The molecule has 0 aromatic carbocycles. The summed E-state index contributed by atoms with van der Waals surface area (Å²) >= 11 is 0. The van der Waals surface area contributed by atoms with Crippen molar-refractivity contribution < 1.29 is 0 Å². The maximum atomic E-state index is 2.85. The lowest BCUT2D eigenvalue weighted by Crippen LogP contribution is -2.10. The number of hydrogen-bond acceptors (Lipinski definition) is 0. The molecule has 0 nitrogen and oxygen atoms in total. The van der Waals surface area contributed by atoms with Gasteiger partial charge in [-0.3, -0.25) is 0 Å². The second-order valence-electron chi connectivity index (χ2n) is 22.7. The Morgan fingerprint density at radius 2 is 0.477 bits per heavy atom. The molecule has 0 radical (unpaired) electrons. The zero-order valence-electron chi connectivity index (χ0n) is 46.6. The van der Waals surface area contributed by atoms with Crippen molar-refractivity contribution in [3.05, 3.63) is 22.8 Å². The Labute approximate surface area is 414 Å². The Morgan fingerprint density at radius 3 is 0.738 bits per heavy atom. The van der Waals surface area contributed by atoms with Crippen LogP contribution >= 0.6 is 0 Å². The minimum Gasteiger partial charge on any atom is -0.0769 e. The van der Waals surface area contributed by atoms with Crippen LogP contribution in [-0.2, 0) is 0 Å². The third kappa shape index (κ3) is 39.0. The highest BCUT2D eigenvalue weighted by atomic mass is 14.3. The molecular weight excluding hydrogens is 781 g/mol. The summed E-state index contributed by atoms with van der Waals surface area (Å²) in [6.07, 6.45) is 78.3. The van der Waals surface area contributed by atoms with Crippen molar-refractivity contribution in [2.45, 2.75) is 375 Å². The number of allylic oxidation sites excluding steroid dienone is 4. The van der Waals surface area contributed by atoms with E-state index in [2.05, 4.69) is 47.6 Å². The average Bonchev–Trinajstić information content (AvgIpc) is 3.68. The van der Waals surface area contributed by atoms with Crippen LogP contribution in [0.25, 0.3) is 0 Å².